The number of hydrogen-bond donors (Lipinski definition) is 1. The van der Waals surface area contributed by atoms with Crippen molar-refractivity contribution in [2.75, 3.05) is 31.1 Å². The van der Waals surface area contributed by atoms with Gasteiger partial charge in [0, 0.05) is 25.3 Å². The minimum atomic E-state index is -0.165. The van der Waals surface area contributed by atoms with E-state index in [0.717, 1.165) is 38.3 Å². The molecule has 1 heterocycles. The van der Waals surface area contributed by atoms with Crippen LogP contribution in [0, 0.1) is 5.82 Å². The van der Waals surface area contributed by atoms with Crippen molar-refractivity contribution >= 4 is 5.69 Å². The van der Waals surface area contributed by atoms with Crippen molar-refractivity contribution in [2.45, 2.75) is 20.3 Å². The van der Waals surface area contributed by atoms with E-state index in [1.807, 2.05) is 26.0 Å². The fourth-order valence-corrected chi connectivity index (χ4v) is 1.76. The monoisotopic (exact) mass is 224 g/mol. The maximum atomic E-state index is 12.7. The summed E-state index contributed by atoms with van der Waals surface area (Å²) in [5, 5.41) is 3.34. The number of anilines is 1. The van der Waals surface area contributed by atoms with Crippen molar-refractivity contribution in [1.82, 2.24) is 5.32 Å². The Morgan fingerprint density at radius 1 is 1.06 bits per heavy atom. The normalized spacial score (nSPS) is 16.1. The van der Waals surface area contributed by atoms with E-state index in [4.69, 9.17) is 0 Å². The van der Waals surface area contributed by atoms with Gasteiger partial charge in [0.1, 0.15) is 5.82 Å². The molecule has 0 atom stereocenters. The summed E-state index contributed by atoms with van der Waals surface area (Å²) in [4.78, 5) is 2.29. The Balaban J connectivity index is 0.000000606. The first-order valence-corrected chi connectivity index (χ1v) is 6.07. The van der Waals surface area contributed by atoms with Crippen LogP contribution in [-0.4, -0.2) is 26.2 Å². The van der Waals surface area contributed by atoms with Gasteiger partial charge in [-0.15, -0.1) is 0 Å². The molecule has 1 fully saturated rings. The van der Waals surface area contributed by atoms with Crippen LogP contribution in [0.4, 0.5) is 10.1 Å². The molecule has 0 amide bonds. The third-order valence-corrected chi connectivity index (χ3v) is 2.53. The third kappa shape index (κ3) is 3.81. The highest BCUT2D eigenvalue weighted by Crippen LogP contribution is 2.15. The molecule has 0 aliphatic carbocycles. The second-order valence-corrected chi connectivity index (χ2v) is 3.57. The molecule has 0 saturated carbocycles. The molecule has 1 saturated heterocycles. The third-order valence-electron chi connectivity index (χ3n) is 2.53. The Morgan fingerprint density at radius 3 is 2.44 bits per heavy atom. The molecule has 2 rings (SSSR count). The van der Waals surface area contributed by atoms with Crippen molar-refractivity contribution in [3.05, 3.63) is 30.1 Å². The van der Waals surface area contributed by atoms with Crippen LogP contribution in [0.3, 0.4) is 0 Å². The van der Waals surface area contributed by atoms with Crippen LogP contribution in [-0.2, 0) is 0 Å². The summed E-state index contributed by atoms with van der Waals surface area (Å²) in [5.41, 5.74) is 1.12. The molecule has 0 spiro atoms. The maximum Gasteiger partial charge on any atom is 0.123 e. The van der Waals surface area contributed by atoms with Gasteiger partial charge in [-0.05, 0) is 37.2 Å². The first-order valence-electron chi connectivity index (χ1n) is 6.07. The second kappa shape index (κ2) is 7.23. The Bertz CT molecular complexity index is 276. The molecule has 1 N–H and O–H groups in total. The van der Waals surface area contributed by atoms with E-state index < -0.39 is 0 Å². The molecule has 16 heavy (non-hydrogen) atoms. The summed E-state index contributed by atoms with van der Waals surface area (Å²) >= 11 is 0. The van der Waals surface area contributed by atoms with Crippen LogP contribution in [0.1, 0.15) is 20.3 Å². The molecule has 1 aliphatic rings. The zero-order chi connectivity index (χ0) is 11.8. The Hall–Kier alpha value is -1.09. The molecule has 90 valence electrons. The predicted octanol–water partition coefficient (Wildman–Crippen LogP) is 2.65. The summed E-state index contributed by atoms with van der Waals surface area (Å²) in [6.45, 7) is 8.15. The van der Waals surface area contributed by atoms with E-state index in [1.54, 1.807) is 0 Å². The summed E-state index contributed by atoms with van der Waals surface area (Å²) in [5.74, 6) is -0.165. The van der Waals surface area contributed by atoms with Gasteiger partial charge in [-0.25, -0.2) is 4.39 Å². The summed E-state index contributed by atoms with van der Waals surface area (Å²) in [7, 11) is 0. The molecule has 1 aliphatic heterocycles. The molecule has 0 bridgehead atoms. The summed E-state index contributed by atoms with van der Waals surface area (Å²) in [6.07, 6.45) is 1.15. The zero-order valence-corrected chi connectivity index (χ0v) is 10.2. The molecular formula is C13H21FN2. The van der Waals surface area contributed by atoms with Gasteiger partial charge in [0.15, 0.2) is 0 Å². The van der Waals surface area contributed by atoms with E-state index in [9.17, 15) is 4.39 Å². The molecule has 1 aromatic carbocycles. The smallest absolute Gasteiger partial charge is 0.123 e. The molecule has 3 heteroatoms. The lowest BCUT2D eigenvalue weighted by Crippen LogP contribution is -2.27. The number of hydrogen-bond acceptors (Lipinski definition) is 2. The van der Waals surface area contributed by atoms with Crippen LogP contribution in [0.25, 0.3) is 0 Å². The number of halogens is 1. The highest BCUT2D eigenvalue weighted by atomic mass is 19.1. The lowest BCUT2D eigenvalue weighted by atomic mass is 10.2. The van der Waals surface area contributed by atoms with Crippen LogP contribution < -0.4 is 10.2 Å². The number of nitrogens with one attached hydrogen (secondary N) is 1. The van der Waals surface area contributed by atoms with Crippen molar-refractivity contribution in [3.8, 4) is 0 Å². The fourth-order valence-electron chi connectivity index (χ4n) is 1.76. The standard InChI is InChI=1S/C11H15FN2.C2H6/c12-10-2-4-11(5-3-10)14-8-1-6-13-7-9-14;1-2/h2-5,13H,1,6-9H2;1-2H3. The van der Waals surface area contributed by atoms with Gasteiger partial charge in [-0.3, -0.25) is 0 Å². The van der Waals surface area contributed by atoms with E-state index in [2.05, 4.69) is 10.2 Å². The average molecular weight is 224 g/mol. The zero-order valence-electron chi connectivity index (χ0n) is 10.2. The molecule has 0 unspecified atom stereocenters. The van der Waals surface area contributed by atoms with Crippen LogP contribution >= 0.6 is 0 Å². The van der Waals surface area contributed by atoms with Gasteiger partial charge in [0.2, 0.25) is 0 Å². The maximum absolute atomic E-state index is 12.7. The number of rotatable bonds is 1. The van der Waals surface area contributed by atoms with Crippen molar-refractivity contribution in [2.24, 2.45) is 0 Å². The minimum absolute atomic E-state index is 0.165. The van der Waals surface area contributed by atoms with Gasteiger partial charge in [0.25, 0.3) is 0 Å². The van der Waals surface area contributed by atoms with Gasteiger partial charge in [-0.1, -0.05) is 13.8 Å². The number of nitrogens with zero attached hydrogens (tertiary/aromatic N) is 1. The SMILES string of the molecule is CC.Fc1ccc(N2CCCNCC2)cc1. The highest BCUT2D eigenvalue weighted by Gasteiger charge is 2.08. The lowest BCUT2D eigenvalue weighted by molar-refractivity contribution is 0.627. The molecular weight excluding hydrogens is 203 g/mol. The topological polar surface area (TPSA) is 15.3 Å². The van der Waals surface area contributed by atoms with Crippen LogP contribution in [0.2, 0.25) is 0 Å². The van der Waals surface area contributed by atoms with E-state index in [0.29, 0.717) is 0 Å². The minimum Gasteiger partial charge on any atom is -0.370 e. The molecule has 1 aromatic rings. The van der Waals surface area contributed by atoms with Crippen LogP contribution in [0.5, 0.6) is 0 Å². The van der Waals surface area contributed by atoms with Gasteiger partial charge >= 0.3 is 0 Å². The van der Waals surface area contributed by atoms with Crippen LogP contribution in [0.15, 0.2) is 24.3 Å². The van der Waals surface area contributed by atoms with Gasteiger partial charge in [0.05, 0.1) is 0 Å². The summed E-state index contributed by atoms with van der Waals surface area (Å²) < 4.78 is 12.7. The van der Waals surface area contributed by atoms with Gasteiger partial charge in [-0.2, -0.15) is 0 Å². The van der Waals surface area contributed by atoms with E-state index in [-0.39, 0.29) is 5.82 Å². The van der Waals surface area contributed by atoms with Crippen molar-refractivity contribution in [3.63, 3.8) is 0 Å². The number of benzene rings is 1. The molecule has 0 radical (unpaired) electrons. The fraction of sp³-hybridized carbons (Fsp3) is 0.538. The van der Waals surface area contributed by atoms with Gasteiger partial charge < -0.3 is 10.2 Å². The Labute approximate surface area is 97.5 Å². The van der Waals surface area contributed by atoms with E-state index in [1.165, 1.54) is 12.1 Å². The second-order valence-electron chi connectivity index (χ2n) is 3.57. The molecule has 0 aromatic heterocycles. The largest absolute Gasteiger partial charge is 0.370 e. The summed E-state index contributed by atoms with van der Waals surface area (Å²) in [6, 6.07) is 6.74. The Morgan fingerprint density at radius 2 is 1.75 bits per heavy atom. The Kier molecular flexibility index (Phi) is 5.86. The van der Waals surface area contributed by atoms with Crippen molar-refractivity contribution < 1.29 is 4.39 Å². The van der Waals surface area contributed by atoms with E-state index >= 15 is 0 Å². The quantitative estimate of drug-likeness (QED) is 0.789. The predicted molar refractivity (Wildman–Crippen MR) is 67.4 cm³/mol. The molecule has 2 nitrogen and oxygen atoms in total. The first-order chi connectivity index (χ1) is 7.86. The first kappa shape index (κ1) is 13.0. The lowest BCUT2D eigenvalue weighted by Gasteiger charge is -2.21. The van der Waals surface area contributed by atoms with Crippen molar-refractivity contribution in [1.29, 1.82) is 0 Å². The average Bonchev–Trinajstić information content (AvgIpc) is 2.61. The highest BCUT2D eigenvalue weighted by molar-refractivity contribution is 5.46.